The molecular formula is C18H20N2O6S. The second-order valence-electron chi connectivity index (χ2n) is 6.06. The maximum Gasteiger partial charge on any atom is 0.266 e. The second-order valence-corrected chi connectivity index (χ2v) is 7.74. The van der Waals surface area contributed by atoms with E-state index in [-0.39, 0.29) is 16.6 Å². The number of hydrazine groups is 1. The molecule has 27 heavy (non-hydrogen) atoms. The standard InChI is InChI=1S/C18H20N2O6S/c1-12(2)26-14-5-3-13(4-6-14)18(21)19-20-27(22,23)15-7-8-16-17(11-15)25-10-9-24-16/h3-8,11-12,20H,9-10H2,1-2H3,(H,19,21). The zero-order valence-electron chi connectivity index (χ0n) is 14.9. The van der Waals surface area contributed by atoms with Gasteiger partial charge >= 0.3 is 0 Å². The molecule has 2 aromatic carbocycles. The van der Waals surface area contributed by atoms with Crippen molar-refractivity contribution < 1.29 is 27.4 Å². The van der Waals surface area contributed by atoms with E-state index in [1.807, 2.05) is 13.8 Å². The van der Waals surface area contributed by atoms with E-state index in [0.29, 0.717) is 30.5 Å². The van der Waals surface area contributed by atoms with E-state index in [9.17, 15) is 13.2 Å². The van der Waals surface area contributed by atoms with Crippen LogP contribution in [0.2, 0.25) is 0 Å². The first-order valence-electron chi connectivity index (χ1n) is 8.34. The van der Waals surface area contributed by atoms with Crippen LogP contribution >= 0.6 is 0 Å². The van der Waals surface area contributed by atoms with Crippen LogP contribution in [-0.4, -0.2) is 33.6 Å². The van der Waals surface area contributed by atoms with Gasteiger partial charge in [0.1, 0.15) is 19.0 Å². The van der Waals surface area contributed by atoms with Crippen LogP contribution in [0.4, 0.5) is 0 Å². The summed E-state index contributed by atoms with van der Waals surface area (Å²) >= 11 is 0. The number of rotatable bonds is 6. The number of amides is 1. The summed E-state index contributed by atoms with van der Waals surface area (Å²) in [6, 6.07) is 10.6. The first-order chi connectivity index (χ1) is 12.8. The van der Waals surface area contributed by atoms with E-state index in [1.54, 1.807) is 24.3 Å². The summed E-state index contributed by atoms with van der Waals surface area (Å²) in [6.45, 7) is 4.55. The number of carbonyl (C=O) groups is 1. The van der Waals surface area contributed by atoms with Crippen LogP contribution in [0, 0.1) is 0 Å². The Hall–Kier alpha value is -2.78. The first kappa shape index (κ1) is 19.0. The van der Waals surface area contributed by atoms with Crippen LogP contribution in [0.5, 0.6) is 17.2 Å². The molecule has 1 aliphatic rings. The van der Waals surface area contributed by atoms with Crippen molar-refractivity contribution in [3.05, 3.63) is 48.0 Å². The fourth-order valence-corrected chi connectivity index (χ4v) is 3.25. The lowest BCUT2D eigenvalue weighted by molar-refractivity contribution is 0.0945. The second kappa shape index (κ2) is 7.85. The van der Waals surface area contributed by atoms with Crippen molar-refractivity contribution in [3.8, 4) is 17.2 Å². The molecule has 144 valence electrons. The highest BCUT2D eigenvalue weighted by Gasteiger charge is 2.20. The average Bonchev–Trinajstić information content (AvgIpc) is 2.66. The number of sulfonamides is 1. The summed E-state index contributed by atoms with van der Waals surface area (Å²) in [6.07, 6.45) is 0.0162. The highest BCUT2D eigenvalue weighted by Crippen LogP contribution is 2.32. The third-order valence-corrected chi connectivity index (χ3v) is 4.86. The van der Waals surface area contributed by atoms with Gasteiger partial charge in [0.15, 0.2) is 11.5 Å². The SMILES string of the molecule is CC(C)Oc1ccc(C(=O)NNS(=O)(=O)c2ccc3c(c2)OCCO3)cc1. The highest BCUT2D eigenvalue weighted by atomic mass is 32.2. The Kier molecular flexibility index (Phi) is 5.52. The highest BCUT2D eigenvalue weighted by molar-refractivity contribution is 7.89. The summed E-state index contributed by atoms with van der Waals surface area (Å²) < 4.78 is 41.0. The number of hydrogen-bond donors (Lipinski definition) is 2. The molecule has 2 N–H and O–H groups in total. The smallest absolute Gasteiger partial charge is 0.266 e. The van der Waals surface area contributed by atoms with Crippen LogP contribution in [0.1, 0.15) is 24.2 Å². The van der Waals surface area contributed by atoms with E-state index < -0.39 is 15.9 Å². The predicted octanol–water partition coefficient (Wildman–Crippen LogP) is 1.87. The minimum atomic E-state index is -3.96. The number of nitrogens with one attached hydrogen (secondary N) is 2. The van der Waals surface area contributed by atoms with Gasteiger partial charge in [0.2, 0.25) is 0 Å². The Morgan fingerprint density at radius 2 is 1.70 bits per heavy atom. The van der Waals surface area contributed by atoms with Crippen molar-refractivity contribution in [2.75, 3.05) is 13.2 Å². The van der Waals surface area contributed by atoms with Gasteiger partial charge in [0.05, 0.1) is 11.0 Å². The molecule has 1 heterocycles. The number of ether oxygens (including phenoxy) is 3. The van der Waals surface area contributed by atoms with Gasteiger partial charge in [-0.1, -0.05) is 0 Å². The van der Waals surface area contributed by atoms with Gasteiger partial charge in [0, 0.05) is 11.6 Å². The molecule has 0 spiro atoms. The average molecular weight is 392 g/mol. The Bertz CT molecular complexity index is 925. The van der Waals surface area contributed by atoms with Crippen molar-refractivity contribution in [2.45, 2.75) is 24.8 Å². The van der Waals surface area contributed by atoms with Crippen LogP contribution < -0.4 is 24.5 Å². The normalized spacial score (nSPS) is 13.3. The fourth-order valence-electron chi connectivity index (χ4n) is 2.39. The number of fused-ring (bicyclic) bond motifs is 1. The molecule has 2 aromatic rings. The van der Waals surface area contributed by atoms with Crippen molar-refractivity contribution in [1.29, 1.82) is 0 Å². The van der Waals surface area contributed by atoms with Crippen LogP contribution in [-0.2, 0) is 10.0 Å². The molecular weight excluding hydrogens is 372 g/mol. The first-order valence-corrected chi connectivity index (χ1v) is 9.82. The largest absolute Gasteiger partial charge is 0.491 e. The summed E-state index contributed by atoms with van der Waals surface area (Å²) in [5, 5.41) is 0. The summed E-state index contributed by atoms with van der Waals surface area (Å²) in [4.78, 5) is 14.2. The van der Waals surface area contributed by atoms with Crippen molar-refractivity contribution >= 4 is 15.9 Å². The molecule has 8 nitrogen and oxygen atoms in total. The molecule has 1 amide bonds. The Morgan fingerprint density at radius 3 is 2.37 bits per heavy atom. The maximum absolute atomic E-state index is 12.4. The third-order valence-electron chi connectivity index (χ3n) is 3.61. The number of carbonyl (C=O) groups excluding carboxylic acids is 1. The summed E-state index contributed by atoms with van der Waals surface area (Å²) in [7, 11) is -3.96. The van der Waals surface area contributed by atoms with Gasteiger partial charge in [-0.3, -0.25) is 10.2 Å². The topological polar surface area (TPSA) is 103 Å². The van der Waals surface area contributed by atoms with Crippen LogP contribution in [0.3, 0.4) is 0 Å². The zero-order valence-corrected chi connectivity index (χ0v) is 15.7. The molecule has 0 bridgehead atoms. The van der Waals surface area contributed by atoms with E-state index in [4.69, 9.17) is 14.2 Å². The molecule has 9 heteroatoms. The quantitative estimate of drug-likeness (QED) is 0.728. The lowest BCUT2D eigenvalue weighted by atomic mass is 10.2. The van der Waals surface area contributed by atoms with Gasteiger partial charge in [0.25, 0.3) is 15.9 Å². The summed E-state index contributed by atoms with van der Waals surface area (Å²) in [5.41, 5.74) is 2.48. The molecule has 0 saturated heterocycles. The van der Waals surface area contributed by atoms with Crippen molar-refractivity contribution in [2.24, 2.45) is 0 Å². The lowest BCUT2D eigenvalue weighted by Gasteiger charge is -2.19. The maximum atomic E-state index is 12.4. The molecule has 0 fully saturated rings. The van der Waals surface area contributed by atoms with Gasteiger partial charge < -0.3 is 14.2 Å². The molecule has 0 aliphatic carbocycles. The molecule has 0 atom stereocenters. The summed E-state index contributed by atoms with van der Waals surface area (Å²) in [5.74, 6) is 0.856. The van der Waals surface area contributed by atoms with Crippen molar-refractivity contribution in [1.82, 2.24) is 10.3 Å². The monoisotopic (exact) mass is 392 g/mol. The molecule has 0 saturated carbocycles. The fraction of sp³-hybridized carbons (Fsp3) is 0.278. The van der Waals surface area contributed by atoms with Gasteiger partial charge in [-0.05, 0) is 50.2 Å². The molecule has 0 radical (unpaired) electrons. The lowest BCUT2D eigenvalue weighted by Crippen LogP contribution is -2.41. The van der Waals surface area contributed by atoms with E-state index >= 15 is 0 Å². The van der Waals surface area contributed by atoms with E-state index in [0.717, 1.165) is 0 Å². The number of hydrogen-bond acceptors (Lipinski definition) is 6. The Balaban J connectivity index is 1.65. The van der Waals surface area contributed by atoms with E-state index in [1.165, 1.54) is 18.2 Å². The van der Waals surface area contributed by atoms with Gasteiger partial charge in [-0.15, -0.1) is 4.83 Å². The minimum absolute atomic E-state index is 0.0162. The minimum Gasteiger partial charge on any atom is -0.491 e. The van der Waals surface area contributed by atoms with Gasteiger partial charge in [-0.2, -0.15) is 0 Å². The van der Waals surface area contributed by atoms with Crippen LogP contribution in [0.15, 0.2) is 47.4 Å². The Morgan fingerprint density at radius 1 is 1.04 bits per heavy atom. The molecule has 0 unspecified atom stereocenters. The Labute approximate surface area is 157 Å². The third kappa shape index (κ3) is 4.69. The van der Waals surface area contributed by atoms with Crippen molar-refractivity contribution in [3.63, 3.8) is 0 Å². The molecule has 0 aromatic heterocycles. The number of benzene rings is 2. The zero-order chi connectivity index (χ0) is 19.4. The molecule has 3 rings (SSSR count). The van der Waals surface area contributed by atoms with Crippen LogP contribution in [0.25, 0.3) is 0 Å². The van der Waals surface area contributed by atoms with Gasteiger partial charge in [-0.25, -0.2) is 8.42 Å². The van der Waals surface area contributed by atoms with E-state index in [2.05, 4.69) is 10.3 Å². The molecule has 1 aliphatic heterocycles. The predicted molar refractivity (Wildman–Crippen MR) is 97.4 cm³/mol.